The fraction of sp³-hybridized carbons (Fsp3) is 0.600. The van der Waals surface area contributed by atoms with Crippen LogP contribution in [0.1, 0.15) is 327 Å². The maximum atomic E-state index is 13.6. The molecule has 636 valence electrons. The molecule has 0 saturated heterocycles. The lowest BCUT2D eigenvalue weighted by molar-refractivity contribution is -0.129. The molecule has 16 heteroatoms. The van der Waals surface area contributed by atoms with E-state index in [4.69, 9.17) is 0 Å². The summed E-state index contributed by atoms with van der Waals surface area (Å²) in [7, 11) is 0. The lowest BCUT2D eigenvalue weighted by Crippen LogP contribution is -2.39. The summed E-state index contributed by atoms with van der Waals surface area (Å²) in [5, 5.41) is 13.3. The van der Waals surface area contributed by atoms with Crippen molar-refractivity contribution < 1.29 is 38.4 Å². The van der Waals surface area contributed by atoms with E-state index in [-0.39, 0.29) is 77.6 Å². The van der Waals surface area contributed by atoms with Crippen molar-refractivity contribution in [2.24, 2.45) is 57.2 Å². The minimum atomic E-state index is -0.267. The van der Waals surface area contributed by atoms with Crippen molar-refractivity contribution in [2.75, 3.05) is 21.3 Å². The van der Waals surface area contributed by atoms with Crippen LogP contribution in [0.5, 0.6) is 0 Å². The third-order valence-electron chi connectivity index (χ3n) is 25.9. The van der Waals surface area contributed by atoms with E-state index in [0.717, 1.165) is 273 Å². The predicted molar refractivity (Wildman–Crippen MR) is 492 cm³/mol. The maximum Gasteiger partial charge on any atom is 0.230 e. The molecular weight excluding hydrogens is 1510 g/mol. The first-order chi connectivity index (χ1) is 56.1. The average Bonchev–Trinajstić information content (AvgIpc) is 0.815. The number of hydrogen-bond acceptors (Lipinski definition) is 12. The number of nitrogens with one attached hydrogen (secondary N) is 4. The molecule has 0 heterocycles. The Balaban J connectivity index is 0.000000214. The number of para-hydroxylation sites is 4. The quantitative estimate of drug-likeness (QED) is 0.0201. The molecule has 116 heavy (non-hydrogen) atoms. The topological polar surface area (TPSA) is 185 Å². The molecular formula is C100H144N4O8S4. The van der Waals surface area contributed by atoms with Gasteiger partial charge in [-0.25, -0.2) is 0 Å². The molecule has 6 aliphatic carbocycles. The van der Waals surface area contributed by atoms with E-state index in [1.165, 1.54) is 72.7 Å². The first-order valence-corrected chi connectivity index (χ1v) is 48.5. The molecule has 4 amide bonds. The summed E-state index contributed by atoms with van der Waals surface area (Å²) >= 11 is 4.94. The SMILES string of the molecule is CC/C=C/C(=O)Sc1ccccc1NC(=O)C1(CC(CC)CC)CCCCC1.CCC(CC)CC1(C(=O)Nc2ccccc2SC(=O)C2C=CCCC2)CCCCC1.CCC(CC)CC1(C(=O)Nc2ccccc2SC(=O)C2CC=CCC2)CCCCC1.CCC(CC)CC1(C(=O)Nc2ccccc2SC(=O)C=C(C)C)CCCCC1. The molecule has 4 aromatic carbocycles. The van der Waals surface area contributed by atoms with Gasteiger partial charge in [0.2, 0.25) is 39.0 Å². The van der Waals surface area contributed by atoms with Crippen LogP contribution in [0, 0.1) is 57.2 Å². The Morgan fingerprint density at radius 2 is 0.690 bits per heavy atom. The molecule has 0 aliphatic heterocycles. The van der Waals surface area contributed by atoms with Crippen molar-refractivity contribution in [2.45, 2.75) is 346 Å². The van der Waals surface area contributed by atoms with Gasteiger partial charge in [0.15, 0.2) is 5.12 Å². The summed E-state index contributed by atoms with van der Waals surface area (Å²) in [6.45, 7) is 23.7. The van der Waals surface area contributed by atoms with E-state index >= 15 is 0 Å². The standard InChI is InChI=1S/2C26H37NO2S.2C24H35NO2S/c2*1-3-20(4-2)19-26(17-11-6-12-18-26)25(29)27-22-15-9-10-16-23(22)30-24(28)21-13-7-5-8-14-21;1-5-19(6-2)17-24(14-10-7-11-15-24)23(27)25-20-12-8-9-13-21(20)28-22(26)16-18(3)4;1-4-7-15-22(26)28-21-14-10-9-13-20(21)25-23(27)24(16-11-8-12-17-24)18-19(5-2)6-3/h7,9-10,13,15-16,20-21H,3-6,8,11-12,14,17-19H2,1-2H3,(H,27,29);5,7,9-10,15-16,20-21H,3-4,6,8,11-14,17-19H2,1-2H3,(H,27,29);8-9,12-13,16,19H,5-7,10-11,14-15,17H2,1-4H3,(H,25,27);7,9-10,13-15,19H,4-6,8,11-12,16-18H2,1-3H3,(H,25,27)/b;;;15-7+. The Morgan fingerprint density at radius 3 is 0.983 bits per heavy atom. The molecule has 10 rings (SSSR count). The number of allylic oxidation sites excluding steroid dienone is 6. The Kier molecular flexibility index (Phi) is 43.0. The summed E-state index contributed by atoms with van der Waals surface area (Å²) in [5.74, 6) is 3.06. The molecule has 12 nitrogen and oxygen atoms in total. The van der Waals surface area contributed by atoms with Crippen molar-refractivity contribution in [1.29, 1.82) is 0 Å². The number of thioether (sulfide) groups is 4. The van der Waals surface area contributed by atoms with Gasteiger partial charge in [-0.2, -0.15) is 0 Å². The van der Waals surface area contributed by atoms with Gasteiger partial charge in [-0.1, -0.05) is 275 Å². The highest BCUT2D eigenvalue weighted by Crippen LogP contribution is 2.50. The average molecular weight is 1660 g/mol. The highest BCUT2D eigenvalue weighted by Gasteiger charge is 2.45. The minimum Gasteiger partial charge on any atom is -0.325 e. The van der Waals surface area contributed by atoms with Crippen molar-refractivity contribution in [3.05, 3.63) is 145 Å². The summed E-state index contributed by atoms with van der Waals surface area (Å²) < 4.78 is 0. The fourth-order valence-corrected chi connectivity index (χ4v) is 21.9. The molecule has 0 spiro atoms. The summed E-state index contributed by atoms with van der Waals surface area (Å²) in [6.07, 6.45) is 54.9. The smallest absolute Gasteiger partial charge is 0.230 e. The summed E-state index contributed by atoms with van der Waals surface area (Å²) in [4.78, 5) is 107. The van der Waals surface area contributed by atoms with Crippen LogP contribution in [0.25, 0.3) is 0 Å². The van der Waals surface area contributed by atoms with E-state index in [2.05, 4.69) is 94.9 Å². The zero-order valence-electron chi connectivity index (χ0n) is 72.7. The van der Waals surface area contributed by atoms with Crippen LogP contribution in [0.15, 0.2) is 165 Å². The van der Waals surface area contributed by atoms with Crippen LogP contribution in [0.3, 0.4) is 0 Å². The van der Waals surface area contributed by atoms with E-state index < -0.39 is 0 Å². The van der Waals surface area contributed by atoms with Crippen molar-refractivity contribution in [3.63, 3.8) is 0 Å². The molecule has 2 unspecified atom stereocenters. The Labute approximate surface area is 717 Å². The van der Waals surface area contributed by atoms with E-state index in [0.29, 0.717) is 23.7 Å². The van der Waals surface area contributed by atoms with Gasteiger partial charge in [-0.3, -0.25) is 38.4 Å². The van der Waals surface area contributed by atoms with Crippen molar-refractivity contribution in [3.8, 4) is 0 Å². The van der Waals surface area contributed by atoms with Gasteiger partial charge >= 0.3 is 0 Å². The third kappa shape index (κ3) is 30.2. The second kappa shape index (κ2) is 51.4. The fourth-order valence-electron chi connectivity index (χ4n) is 18.3. The maximum absolute atomic E-state index is 13.6. The van der Waals surface area contributed by atoms with Crippen molar-refractivity contribution >= 4 is 114 Å². The first kappa shape index (κ1) is 96.9. The number of anilines is 4. The number of benzene rings is 4. The number of hydrogen-bond donors (Lipinski definition) is 4. The van der Waals surface area contributed by atoms with Gasteiger partial charge in [0.1, 0.15) is 0 Å². The molecule has 4 aromatic rings. The molecule has 4 N–H and O–H groups in total. The van der Waals surface area contributed by atoms with Crippen LogP contribution in [0.4, 0.5) is 22.7 Å². The molecule has 6 aliphatic rings. The van der Waals surface area contributed by atoms with E-state index in [1.807, 2.05) is 130 Å². The molecule has 0 radical (unpaired) electrons. The number of amides is 4. The van der Waals surface area contributed by atoms with Crippen LogP contribution in [-0.2, 0) is 38.4 Å². The minimum absolute atomic E-state index is 0.00652. The summed E-state index contributed by atoms with van der Waals surface area (Å²) in [5.41, 5.74) is 3.01. The Morgan fingerprint density at radius 1 is 0.371 bits per heavy atom. The number of rotatable bonds is 33. The van der Waals surface area contributed by atoms with Gasteiger partial charge in [-0.05, 0) is 267 Å². The molecule has 0 aromatic heterocycles. The number of carbonyl (C=O) groups excluding carboxylic acids is 8. The van der Waals surface area contributed by atoms with Gasteiger partial charge < -0.3 is 21.3 Å². The van der Waals surface area contributed by atoms with Gasteiger partial charge in [-0.15, -0.1) is 0 Å². The van der Waals surface area contributed by atoms with Gasteiger partial charge in [0, 0.05) is 53.1 Å². The van der Waals surface area contributed by atoms with Gasteiger partial charge in [0.25, 0.3) is 0 Å². The number of carbonyl (C=O) groups is 8. The van der Waals surface area contributed by atoms with E-state index in [9.17, 15) is 38.4 Å². The summed E-state index contributed by atoms with van der Waals surface area (Å²) in [6, 6.07) is 30.9. The zero-order chi connectivity index (χ0) is 83.8. The van der Waals surface area contributed by atoms with Crippen LogP contribution >= 0.6 is 47.0 Å². The highest BCUT2D eigenvalue weighted by molar-refractivity contribution is 8.14. The van der Waals surface area contributed by atoms with Gasteiger partial charge in [0.05, 0.1) is 22.7 Å². The molecule has 4 saturated carbocycles. The highest BCUT2D eigenvalue weighted by atomic mass is 32.2. The first-order valence-electron chi connectivity index (χ1n) is 45.2. The lowest BCUT2D eigenvalue weighted by atomic mass is 9.67. The molecule has 2 atom stereocenters. The van der Waals surface area contributed by atoms with Crippen molar-refractivity contribution in [1.82, 2.24) is 0 Å². The normalized spacial score (nSPS) is 18.6. The van der Waals surface area contributed by atoms with Crippen LogP contribution in [-0.4, -0.2) is 44.1 Å². The molecule has 0 bridgehead atoms. The lowest BCUT2D eigenvalue weighted by Gasteiger charge is -2.38. The monoisotopic (exact) mass is 1660 g/mol. The second-order valence-corrected chi connectivity index (χ2v) is 38.6. The van der Waals surface area contributed by atoms with E-state index in [1.54, 1.807) is 12.2 Å². The largest absolute Gasteiger partial charge is 0.325 e. The Hall–Kier alpha value is -6.20. The van der Waals surface area contributed by atoms with Crippen LogP contribution in [0.2, 0.25) is 0 Å². The third-order valence-corrected chi connectivity index (χ3v) is 29.9. The zero-order valence-corrected chi connectivity index (χ0v) is 76.0. The Bertz CT molecular complexity index is 3850. The second-order valence-electron chi connectivity index (χ2n) is 34.4. The molecule has 4 fully saturated rings. The van der Waals surface area contributed by atoms with Crippen LogP contribution < -0.4 is 21.3 Å². The predicted octanol–water partition coefficient (Wildman–Crippen LogP) is 28.7.